The second-order valence-electron chi connectivity index (χ2n) is 6.57. The van der Waals surface area contributed by atoms with Crippen LogP contribution in [0.2, 0.25) is 5.02 Å². The minimum absolute atomic E-state index is 0.0109. The quantitative estimate of drug-likeness (QED) is 0.431. The summed E-state index contributed by atoms with van der Waals surface area (Å²) < 4.78 is 0. The van der Waals surface area contributed by atoms with E-state index in [2.05, 4.69) is 23.5 Å². The summed E-state index contributed by atoms with van der Waals surface area (Å²) >= 11 is 6.25. The number of carbonyl (C=O) groups is 1. The maximum absolute atomic E-state index is 11.7. The van der Waals surface area contributed by atoms with Gasteiger partial charge < -0.3 is 5.32 Å². The lowest BCUT2D eigenvalue weighted by atomic mass is 9.98. The Hall–Kier alpha value is -3.17. The highest BCUT2D eigenvalue weighted by Gasteiger charge is 2.11. The molecule has 0 aliphatic heterocycles. The average molecular weight is 387 g/mol. The van der Waals surface area contributed by atoms with Gasteiger partial charge in [0.1, 0.15) is 0 Å². The fourth-order valence-electron chi connectivity index (χ4n) is 3.21. The summed E-state index contributed by atoms with van der Waals surface area (Å²) in [6, 6.07) is 25.8. The van der Waals surface area contributed by atoms with Crippen LogP contribution >= 0.6 is 11.6 Å². The number of hydrogen-bond donors (Lipinski definition) is 1. The summed E-state index contributed by atoms with van der Waals surface area (Å²) in [5, 5.41) is 4.60. The van der Waals surface area contributed by atoms with E-state index in [1.54, 1.807) is 0 Å². The molecule has 1 amide bonds. The van der Waals surface area contributed by atoms with Crippen LogP contribution in [0.5, 0.6) is 0 Å². The lowest BCUT2D eigenvalue weighted by Gasteiger charge is -2.12. The molecule has 0 aliphatic rings. The molecule has 1 N–H and O–H groups in total. The number of benzene rings is 3. The second-order valence-corrected chi connectivity index (χ2v) is 7.00. The molecule has 0 bridgehead atoms. The molecular weight excluding hydrogens is 368 g/mol. The van der Waals surface area contributed by atoms with Crippen LogP contribution in [-0.4, -0.2) is 10.9 Å². The molecule has 0 radical (unpaired) electrons. The Morgan fingerprint density at radius 1 is 0.929 bits per heavy atom. The molecule has 4 aromatic rings. The zero-order valence-corrected chi connectivity index (χ0v) is 16.2. The predicted octanol–water partition coefficient (Wildman–Crippen LogP) is 6.57. The van der Waals surface area contributed by atoms with E-state index in [0.29, 0.717) is 11.4 Å². The van der Waals surface area contributed by atoms with Gasteiger partial charge in [-0.15, -0.1) is 0 Å². The summed E-state index contributed by atoms with van der Waals surface area (Å²) in [4.78, 5) is 16.6. The number of amides is 1. The zero-order valence-electron chi connectivity index (χ0n) is 15.4. The van der Waals surface area contributed by atoms with E-state index in [1.807, 2.05) is 67.6 Å². The molecule has 28 heavy (non-hydrogen) atoms. The van der Waals surface area contributed by atoms with Gasteiger partial charge in [0.15, 0.2) is 0 Å². The average Bonchev–Trinajstić information content (AvgIpc) is 2.73. The molecule has 1 heterocycles. The zero-order chi connectivity index (χ0) is 19.5. The molecule has 0 unspecified atom stereocenters. The van der Waals surface area contributed by atoms with Crippen molar-refractivity contribution in [2.45, 2.75) is 13.3 Å². The van der Waals surface area contributed by atoms with Gasteiger partial charge in [-0.25, -0.2) is 4.98 Å². The number of hydrogen-bond acceptors (Lipinski definition) is 2. The van der Waals surface area contributed by atoms with E-state index < -0.39 is 0 Å². The Balaban J connectivity index is 1.88. The first kappa shape index (κ1) is 18.2. The van der Waals surface area contributed by atoms with Gasteiger partial charge in [0, 0.05) is 28.1 Å². The fraction of sp³-hybridized carbons (Fsp3) is 0.0833. The highest BCUT2D eigenvalue weighted by atomic mass is 35.5. The van der Waals surface area contributed by atoms with E-state index in [9.17, 15) is 4.79 Å². The van der Waals surface area contributed by atoms with Crippen LogP contribution in [0.25, 0.3) is 33.3 Å². The van der Waals surface area contributed by atoms with Crippen molar-refractivity contribution in [2.24, 2.45) is 0 Å². The Morgan fingerprint density at radius 3 is 2.50 bits per heavy atom. The number of nitrogens with one attached hydrogen (secondary N) is 1. The maximum atomic E-state index is 11.7. The van der Waals surface area contributed by atoms with Crippen molar-refractivity contribution >= 4 is 34.1 Å². The molecule has 3 aromatic carbocycles. The van der Waals surface area contributed by atoms with Crippen molar-refractivity contribution in [3.63, 3.8) is 0 Å². The fourth-order valence-corrected chi connectivity index (χ4v) is 3.38. The monoisotopic (exact) mass is 386 g/mol. The normalized spacial score (nSPS) is 10.8. The summed E-state index contributed by atoms with van der Waals surface area (Å²) in [5.74, 6) is -0.0109. The van der Waals surface area contributed by atoms with E-state index in [1.165, 1.54) is 0 Å². The first-order valence-corrected chi connectivity index (χ1v) is 9.58. The lowest BCUT2D eigenvalue weighted by molar-refractivity contribution is -0.115. The van der Waals surface area contributed by atoms with Gasteiger partial charge in [-0.2, -0.15) is 0 Å². The Bertz CT molecular complexity index is 1160. The predicted molar refractivity (Wildman–Crippen MR) is 117 cm³/mol. The number of rotatable bonds is 4. The van der Waals surface area contributed by atoms with Crippen LogP contribution in [0.15, 0.2) is 78.9 Å². The van der Waals surface area contributed by atoms with Crippen LogP contribution in [0.4, 0.5) is 5.69 Å². The van der Waals surface area contributed by atoms with Gasteiger partial charge in [0.25, 0.3) is 0 Å². The number of nitrogens with zero attached hydrogens (tertiary/aromatic N) is 1. The van der Waals surface area contributed by atoms with Crippen LogP contribution in [0, 0.1) is 0 Å². The van der Waals surface area contributed by atoms with Crippen molar-refractivity contribution in [3.05, 3.63) is 83.9 Å². The van der Waals surface area contributed by atoms with Crippen molar-refractivity contribution < 1.29 is 4.79 Å². The number of fused-ring (bicyclic) bond motifs is 1. The molecule has 0 aliphatic carbocycles. The molecule has 4 heteroatoms. The molecule has 0 atom stereocenters. The van der Waals surface area contributed by atoms with Gasteiger partial charge in [0.05, 0.1) is 11.2 Å². The van der Waals surface area contributed by atoms with Gasteiger partial charge >= 0.3 is 0 Å². The van der Waals surface area contributed by atoms with Crippen LogP contribution in [-0.2, 0) is 4.79 Å². The van der Waals surface area contributed by atoms with Crippen molar-refractivity contribution in [2.75, 3.05) is 5.32 Å². The Morgan fingerprint density at radius 2 is 1.71 bits per heavy atom. The first-order chi connectivity index (χ1) is 13.6. The van der Waals surface area contributed by atoms with Gasteiger partial charge in [0.2, 0.25) is 5.91 Å². The molecule has 0 saturated heterocycles. The number of carbonyl (C=O) groups excluding carboxylic acids is 1. The van der Waals surface area contributed by atoms with E-state index in [0.717, 1.165) is 39.0 Å². The minimum atomic E-state index is -0.0109. The van der Waals surface area contributed by atoms with Gasteiger partial charge in [-0.3, -0.25) is 4.79 Å². The molecule has 0 spiro atoms. The smallest absolute Gasteiger partial charge is 0.224 e. The SMILES string of the molecule is CCC(=O)Nc1cccc(-c2cc(-c3ccccc3)c3cc(Cl)ccc3n2)c1. The number of halogens is 1. The van der Waals surface area contributed by atoms with Crippen molar-refractivity contribution in [3.8, 4) is 22.4 Å². The number of pyridine rings is 1. The molecular formula is C24H19ClN2O. The van der Waals surface area contributed by atoms with Crippen LogP contribution in [0.3, 0.4) is 0 Å². The van der Waals surface area contributed by atoms with Crippen molar-refractivity contribution in [1.82, 2.24) is 4.98 Å². The second kappa shape index (κ2) is 7.83. The Kier molecular flexibility index (Phi) is 5.09. The third kappa shape index (κ3) is 3.75. The van der Waals surface area contributed by atoms with E-state index >= 15 is 0 Å². The topological polar surface area (TPSA) is 42.0 Å². The number of aromatic nitrogens is 1. The van der Waals surface area contributed by atoms with E-state index in [-0.39, 0.29) is 5.91 Å². The van der Waals surface area contributed by atoms with Crippen LogP contribution < -0.4 is 5.32 Å². The third-order valence-electron chi connectivity index (χ3n) is 4.62. The molecule has 0 fully saturated rings. The summed E-state index contributed by atoms with van der Waals surface area (Å²) in [6.45, 7) is 1.83. The standard InChI is InChI=1S/C24H19ClN2O/c1-2-24(28)26-19-10-6-9-17(13-19)23-15-20(16-7-4-3-5-8-16)21-14-18(25)11-12-22(21)27-23/h3-15H,2H2,1H3,(H,26,28). The summed E-state index contributed by atoms with van der Waals surface area (Å²) in [5.41, 5.74) is 5.62. The Labute approximate surface area is 169 Å². The third-order valence-corrected chi connectivity index (χ3v) is 4.85. The highest BCUT2D eigenvalue weighted by Crippen LogP contribution is 2.34. The van der Waals surface area contributed by atoms with Crippen molar-refractivity contribution in [1.29, 1.82) is 0 Å². The van der Waals surface area contributed by atoms with E-state index in [4.69, 9.17) is 16.6 Å². The molecule has 4 rings (SSSR count). The summed E-state index contributed by atoms with van der Waals surface area (Å²) in [7, 11) is 0. The minimum Gasteiger partial charge on any atom is -0.326 e. The van der Waals surface area contributed by atoms with Gasteiger partial charge in [-0.1, -0.05) is 61.0 Å². The molecule has 3 nitrogen and oxygen atoms in total. The highest BCUT2D eigenvalue weighted by molar-refractivity contribution is 6.31. The molecule has 1 aromatic heterocycles. The molecule has 0 saturated carbocycles. The largest absolute Gasteiger partial charge is 0.326 e. The summed E-state index contributed by atoms with van der Waals surface area (Å²) in [6.07, 6.45) is 0.442. The lowest BCUT2D eigenvalue weighted by Crippen LogP contribution is -2.09. The van der Waals surface area contributed by atoms with Crippen LogP contribution in [0.1, 0.15) is 13.3 Å². The number of anilines is 1. The molecule has 138 valence electrons. The first-order valence-electron chi connectivity index (χ1n) is 9.20. The van der Waals surface area contributed by atoms with Gasteiger partial charge in [-0.05, 0) is 47.5 Å². The maximum Gasteiger partial charge on any atom is 0.224 e.